The van der Waals surface area contributed by atoms with Crippen molar-refractivity contribution in [2.45, 2.75) is 23.1 Å². The summed E-state index contributed by atoms with van der Waals surface area (Å²) in [5.74, 6) is 0.823. The second-order valence-electron chi connectivity index (χ2n) is 3.18. The summed E-state index contributed by atoms with van der Waals surface area (Å²) >= 11 is 3.03. The third kappa shape index (κ3) is 2.30. The van der Waals surface area contributed by atoms with Crippen LogP contribution in [0.15, 0.2) is 27.4 Å². The van der Waals surface area contributed by atoms with Crippen molar-refractivity contribution in [1.29, 1.82) is 0 Å². The number of benzene rings is 1. The van der Waals surface area contributed by atoms with Gasteiger partial charge in [-0.1, -0.05) is 17.8 Å². The standard InChI is InChI=1S/C10H11N3S2/c1-6-8(11)4-3-5-9(6)14-10-12-7(2)13-15-10/h3-5H,11H2,1-2H3. The van der Waals surface area contributed by atoms with Crippen LogP contribution in [0.25, 0.3) is 0 Å². The van der Waals surface area contributed by atoms with Crippen molar-refractivity contribution in [3.63, 3.8) is 0 Å². The summed E-state index contributed by atoms with van der Waals surface area (Å²) in [5.41, 5.74) is 7.76. The molecule has 0 amide bonds. The summed E-state index contributed by atoms with van der Waals surface area (Å²) in [6, 6.07) is 5.91. The fraction of sp³-hybridized carbons (Fsp3) is 0.200. The molecule has 5 heteroatoms. The molecule has 15 heavy (non-hydrogen) atoms. The van der Waals surface area contributed by atoms with Gasteiger partial charge in [0.1, 0.15) is 5.82 Å². The maximum absolute atomic E-state index is 5.83. The fourth-order valence-electron chi connectivity index (χ4n) is 1.16. The first kappa shape index (κ1) is 10.4. The van der Waals surface area contributed by atoms with Crippen LogP contribution < -0.4 is 5.73 Å². The Kier molecular flexibility index (Phi) is 2.93. The van der Waals surface area contributed by atoms with Gasteiger partial charge in [-0.2, -0.15) is 4.37 Å². The van der Waals surface area contributed by atoms with Gasteiger partial charge < -0.3 is 5.73 Å². The van der Waals surface area contributed by atoms with Crippen LogP contribution in [0.2, 0.25) is 0 Å². The normalized spacial score (nSPS) is 10.5. The molecule has 0 bridgehead atoms. The van der Waals surface area contributed by atoms with Gasteiger partial charge in [0.25, 0.3) is 0 Å². The average molecular weight is 237 g/mol. The van der Waals surface area contributed by atoms with Crippen LogP contribution in [-0.2, 0) is 0 Å². The van der Waals surface area contributed by atoms with Crippen molar-refractivity contribution in [2.75, 3.05) is 5.73 Å². The van der Waals surface area contributed by atoms with E-state index in [1.165, 1.54) is 11.5 Å². The van der Waals surface area contributed by atoms with E-state index in [1.54, 1.807) is 11.8 Å². The van der Waals surface area contributed by atoms with E-state index in [0.717, 1.165) is 26.3 Å². The van der Waals surface area contributed by atoms with Gasteiger partial charge in [-0.05, 0) is 43.1 Å². The molecule has 0 aliphatic heterocycles. The van der Waals surface area contributed by atoms with Gasteiger partial charge in [-0.15, -0.1) is 0 Å². The maximum atomic E-state index is 5.83. The molecule has 0 saturated carbocycles. The first-order valence-electron chi connectivity index (χ1n) is 4.50. The fourth-order valence-corrected chi connectivity index (χ4v) is 2.89. The van der Waals surface area contributed by atoms with Crippen molar-refractivity contribution >= 4 is 29.0 Å². The van der Waals surface area contributed by atoms with Crippen molar-refractivity contribution in [1.82, 2.24) is 9.36 Å². The Bertz CT molecular complexity index is 479. The Balaban J connectivity index is 2.28. The van der Waals surface area contributed by atoms with Crippen molar-refractivity contribution in [2.24, 2.45) is 0 Å². The lowest BCUT2D eigenvalue weighted by Crippen LogP contribution is -1.90. The minimum Gasteiger partial charge on any atom is -0.398 e. The van der Waals surface area contributed by atoms with E-state index in [-0.39, 0.29) is 0 Å². The van der Waals surface area contributed by atoms with Gasteiger partial charge in [0.05, 0.1) is 0 Å². The largest absolute Gasteiger partial charge is 0.398 e. The Morgan fingerprint density at radius 3 is 2.80 bits per heavy atom. The highest BCUT2D eigenvalue weighted by Gasteiger charge is 2.06. The molecule has 0 saturated heterocycles. The average Bonchev–Trinajstić information content (AvgIpc) is 2.59. The number of nitrogens with zero attached hydrogens (tertiary/aromatic N) is 2. The number of nitrogens with two attached hydrogens (primary N) is 1. The van der Waals surface area contributed by atoms with Crippen LogP contribution in [0.4, 0.5) is 5.69 Å². The third-order valence-electron chi connectivity index (χ3n) is 2.03. The molecule has 0 aliphatic carbocycles. The number of aromatic nitrogens is 2. The summed E-state index contributed by atoms with van der Waals surface area (Å²) in [6.07, 6.45) is 0. The highest BCUT2D eigenvalue weighted by Crippen LogP contribution is 2.33. The van der Waals surface area contributed by atoms with E-state index in [9.17, 15) is 0 Å². The summed E-state index contributed by atoms with van der Waals surface area (Å²) in [5, 5.41) is 0. The minimum absolute atomic E-state index is 0.821. The third-order valence-corrected chi connectivity index (χ3v) is 4.04. The molecule has 2 aromatic rings. The summed E-state index contributed by atoms with van der Waals surface area (Å²) in [4.78, 5) is 5.45. The maximum Gasteiger partial charge on any atom is 0.174 e. The van der Waals surface area contributed by atoms with Gasteiger partial charge in [0, 0.05) is 10.6 Å². The SMILES string of the molecule is Cc1nsc(Sc2cccc(N)c2C)n1. The molecule has 1 aromatic heterocycles. The van der Waals surface area contributed by atoms with E-state index in [4.69, 9.17) is 5.73 Å². The van der Waals surface area contributed by atoms with E-state index in [0.29, 0.717) is 0 Å². The van der Waals surface area contributed by atoms with Crippen LogP contribution in [-0.4, -0.2) is 9.36 Å². The first-order chi connectivity index (χ1) is 7.16. The molecule has 1 heterocycles. The van der Waals surface area contributed by atoms with Gasteiger partial charge in [0.2, 0.25) is 0 Å². The zero-order valence-corrected chi connectivity index (χ0v) is 10.2. The van der Waals surface area contributed by atoms with Crippen LogP contribution in [0.1, 0.15) is 11.4 Å². The van der Waals surface area contributed by atoms with E-state index >= 15 is 0 Å². The van der Waals surface area contributed by atoms with Gasteiger partial charge >= 0.3 is 0 Å². The molecular formula is C10H11N3S2. The predicted octanol–water partition coefficient (Wildman–Crippen LogP) is 2.89. The second-order valence-corrected chi connectivity index (χ2v) is 5.22. The minimum atomic E-state index is 0.821. The summed E-state index contributed by atoms with van der Waals surface area (Å²) in [6.45, 7) is 3.92. The highest BCUT2D eigenvalue weighted by molar-refractivity contribution is 8.01. The predicted molar refractivity (Wildman–Crippen MR) is 64.4 cm³/mol. The zero-order chi connectivity index (χ0) is 10.8. The smallest absolute Gasteiger partial charge is 0.174 e. The highest BCUT2D eigenvalue weighted by atomic mass is 32.2. The topological polar surface area (TPSA) is 51.8 Å². The number of hydrogen-bond donors (Lipinski definition) is 1. The Morgan fingerprint density at radius 1 is 1.33 bits per heavy atom. The first-order valence-corrected chi connectivity index (χ1v) is 6.09. The van der Waals surface area contributed by atoms with Crippen molar-refractivity contribution in [3.05, 3.63) is 29.6 Å². The lowest BCUT2D eigenvalue weighted by Gasteiger charge is -2.04. The van der Waals surface area contributed by atoms with Crippen molar-refractivity contribution < 1.29 is 0 Å². The zero-order valence-electron chi connectivity index (χ0n) is 8.52. The summed E-state index contributed by atoms with van der Waals surface area (Å²) < 4.78 is 5.10. The molecule has 0 aliphatic rings. The monoisotopic (exact) mass is 237 g/mol. The molecule has 0 fully saturated rings. The lowest BCUT2D eigenvalue weighted by molar-refractivity contribution is 1.10. The Morgan fingerprint density at radius 2 is 2.13 bits per heavy atom. The molecule has 0 spiro atoms. The molecular weight excluding hydrogens is 226 g/mol. The Labute approximate surface area is 96.9 Å². The van der Waals surface area contributed by atoms with Gasteiger partial charge in [-0.25, -0.2) is 4.98 Å². The lowest BCUT2D eigenvalue weighted by atomic mass is 10.2. The molecule has 0 radical (unpaired) electrons. The molecule has 0 atom stereocenters. The van der Waals surface area contributed by atoms with Crippen LogP contribution in [0.3, 0.4) is 0 Å². The molecule has 0 unspecified atom stereocenters. The number of nitrogen functional groups attached to an aromatic ring is 1. The van der Waals surface area contributed by atoms with E-state index in [2.05, 4.69) is 9.36 Å². The molecule has 78 valence electrons. The number of anilines is 1. The summed E-state index contributed by atoms with van der Waals surface area (Å²) in [7, 11) is 0. The molecule has 3 nitrogen and oxygen atoms in total. The van der Waals surface area contributed by atoms with Crippen LogP contribution >= 0.6 is 23.3 Å². The molecule has 2 N–H and O–H groups in total. The van der Waals surface area contributed by atoms with Gasteiger partial charge in [-0.3, -0.25) is 0 Å². The van der Waals surface area contributed by atoms with Gasteiger partial charge in [0.15, 0.2) is 4.34 Å². The second kappa shape index (κ2) is 4.20. The van der Waals surface area contributed by atoms with Crippen LogP contribution in [0, 0.1) is 13.8 Å². The number of rotatable bonds is 2. The van der Waals surface area contributed by atoms with E-state index < -0.39 is 0 Å². The molecule has 1 aromatic carbocycles. The quantitative estimate of drug-likeness (QED) is 0.816. The Hall–Kier alpha value is -1.07. The molecule has 2 rings (SSSR count). The number of aryl methyl sites for hydroxylation is 1. The van der Waals surface area contributed by atoms with E-state index in [1.807, 2.05) is 32.0 Å². The van der Waals surface area contributed by atoms with Crippen LogP contribution in [0.5, 0.6) is 0 Å². The number of hydrogen-bond acceptors (Lipinski definition) is 5. The van der Waals surface area contributed by atoms with Crippen molar-refractivity contribution in [3.8, 4) is 0 Å².